The van der Waals surface area contributed by atoms with Crippen LogP contribution in [0, 0.1) is 7.05 Å². The van der Waals surface area contributed by atoms with Gasteiger partial charge in [-0.15, -0.1) is 0 Å². The molecule has 0 unspecified atom stereocenters. The zero-order valence-electron chi connectivity index (χ0n) is 5.60. The Hall–Kier alpha value is -0.530. The van der Waals surface area contributed by atoms with Gasteiger partial charge in [0.05, 0.1) is 0 Å². The van der Waals surface area contributed by atoms with Crippen LogP contribution < -0.4 is 0 Å². The summed E-state index contributed by atoms with van der Waals surface area (Å²) >= 11 is 0. The highest BCUT2D eigenvalue weighted by Gasteiger charge is 2.06. The number of carbonyl (C=O) groups is 1. The van der Waals surface area contributed by atoms with Crippen molar-refractivity contribution in [2.24, 2.45) is 0 Å². The van der Waals surface area contributed by atoms with Gasteiger partial charge in [0, 0.05) is 6.42 Å². The number of amides is 1. The minimum atomic E-state index is 0.201. The van der Waals surface area contributed by atoms with E-state index in [1.54, 1.807) is 4.90 Å². The van der Waals surface area contributed by atoms with Crippen molar-refractivity contribution in [3.05, 3.63) is 7.05 Å². The molecule has 0 aromatic carbocycles. The van der Waals surface area contributed by atoms with Crippen LogP contribution in [0.1, 0.15) is 25.7 Å². The van der Waals surface area contributed by atoms with Crippen LogP contribution >= 0.6 is 0 Å². The number of rotatable bonds is 0. The minimum absolute atomic E-state index is 0.201. The molecular formula is C7H12NO-. The van der Waals surface area contributed by atoms with Crippen molar-refractivity contribution in [1.82, 2.24) is 4.90 Å². The van der Waals surface area contributed by atoms with Crippen molar-refractivity contribution in [3.8, 4) is 0 Å². The van der Waals surface area contributed by atoms with E-state index in [1.807, 2.05) is 0 Å². The van der Waals surface area contributed by atoms with Crippen LogP contribution in [-0.4, -0.2) is 17.4 Å². The zero-order chi connectivity index (χ0) is 6.69. The van der Waals surface area contributed by atoms with E-state index in [0.29, 0.717) is 6.42 Å². The molecule has 1 aliphatic rings. The first-order chi connectivity index (χ1) is 4.30. The van der Waals surface area contributed by atoms with E-state index in [9.17, 15) is 4.79 Å². The largest absolute Gasteiger partial charge is 0.496 e. The molecule has 0 bridgehead atoms. The lowest BCUT2D eigenvalue weighted by molar-refractivity contribution is -0.128. The summed E-state index contributed by atoms with van der Waals surface area (Å²) in [5, 5.41) is 0. The Morgan fingerprint density at radius 1 is 1.33 bits per heavy atom. The van der Waals surface area contributed by atoms with Gasteiger partial charge in [-0.05, 0) is 19.4 Å². The third-order valence-electron chi connectivity index (χ3n) is 1.67. The Morgan fingerprint density at radius 2 is 2.11 bits per heavy atom. The fraction of sp³-hybridized carbons (Fsp3) is 0.714. The van der Waals surface area contributed by atoms with E-state index < -0.39 is 0 Å². The SMILES string of the molecule is [CH2-]N1CCCCCC1=O. The first-order valence-corrected chi connectivity index (χ1v) is 3.41. The average Bonchev–Trinajstić information content (AvgIpc) is 1.99. The summed E-state index contributed by atoms with van der Waals surface area (Å²) < 4.78 is 0. The first kappa shape index (κ1) is 6.59. The normalized spacial score (nSPS) is 21.9. The molecule has 1 saturated heterocycles. The molecular weight excluding hydrogens is 114 g/mol. The molecule has 0 aliphatic carbocycles. The van der Waals surface area contributed by atoms with E-state index >= 15 is 0 Å². The predicted molar refractivity (Wildman–Crippen MR) is 35.5 cm³/mol. The average molecular weight is 126 g/mol. The first-order valence-electron chi connectivity index (χ1n) is 3.41. The summed E-state index contributed by atoms with van der Waals surface area (Å²) in [4.78, 5) is 12.5. The van der Waals surface area contributed by atoms with Crippen LogP contribution in [0.3, 0.4) is 0 Å². The summed E-state index contributed by atoms with van der Waals surface area (Å²) in [6.45, 7) is 0.846. The monoisotopic (exact) mass is 126 g/mol. The number of carbonyl (C=O) groups excluding carboxylic acids is 1. The fourth-order valence-electron chi connectivity index (χ4n) is 1.04. The van der Waals surface area contributed by atoms with Crippen molar-refractivity contribution in [1.29, 1.82) is 0 Å². The molecule has 1 aliphatic heterocycles. The van der Waals surface area contributed by atoms with Crippen LogP contribution in [0.4, 0.5) is 0 Å². The van der Waals surface area contributed by atoms with Gasteiger partial charge >= 0.3 is 0 Å². The van der Waals surface area contributed by atoms with E-state index in [1.165, 1.54) is 6.42 Å². The van der Waals surface area contributed by atoms with Crippen molar-refractivity contribution in [2.45, 2.75) is 25.7 Å². The van der Waals surface area contributed by atoms with Crippen molar-refractivity contribution in [3.63, 3.8) is 0 Å². The summed E-state index contributed by atoms with van der Waals surface area (Å²) in [5.41, 5.74) is 0. The number of likely N-dealkylation sites (tertiary alicyclic amines) is 1. The summed E-state index contributed by atoms with van der Waals surface area (Å²) in [7, 11) is 3.62. The smallest absolute Gasteiger partial charge is 0.193 e. The topological polar surface area (TPSA) is 20.3 Å². The van der Waals surface area contributed by atoms with Crippen LogP contribution in [-0.2, 0) is 4.79 Å². The molecule has 0 saturated carbocycles. The number of nitrogens with zero attached hydrogens (tertiary/aromatic N) is 1. The van der Waals surface area contributed by atoms with Gasteiger partial charge in [-0.2, -0.15) is 0 Å². The molecule has 0 spiro atoms. The van der Waals surface area contributed by atoms with Crippen molar-refractivity contribution in [2.75, 3.05) is 6.54 Å². The van der Waals surface area contributed by atoms with Crippen LogP contribution in [0.25, 0.3) is 0 Å². The molecule has 2 nitrogen and oxygen atoms in total. The van der Waals surface area contributed by atoms with Gasteiger partial charge in [0.2, 0.25) is 0 Å². The molecule has 0 atom stereocenters. The highest BCUT2D eigenvalue weighted by Crippen LogP contribution is 2.09. The molecule has 1 heterocycles. The molecule has 0 aromatic heterocycles. The number of hydrogen-bond acceptors (Lipinski definition) is 1. The van der Waals surface area contributed by atoms with Gasteiger partial charge in [0.1, 0.15) is 0 Å². The van der Waals surface area contributed by atoms with E-state index in [-0.39, 0.29) is 5.91 Å². The Labute approximate surface area is 55.8 Å². The molecule has 1 amide bonds. The maximum absolute atomic E-state index is 10.9. The van der Waals surface area contributed by atoms with Crippen molar-refractivity contribution < 1.29 is 4.79 Å². The Balaban J connectivity index is 2.41. The number of hydrogen-bond donors (Lipinski definition) is 0. The molecule has 0 N–H and O–H groups in total. The quantitative estimate of drug-likeness (QED) is 0.446. The van der Waals surface area contributed by atoms with Gasteiger partial charge in [0.15, 0.2) is 5.91 Å². The highest BCUT2D eigenvalue weighted by molar-refractivity contribution is 5.76. The molecule has 2 heteroatoms. The van der Waals surface area contributed by atoms with Crippen LogP contribution in [0.15, 0.2) is 0 Å². The van der Waals surface area contributed by atoms with Crippen LogP contribution in [0.2, 0.25) is 0 Å². The van der Waals surface area contributed by atoms with Gasteiger partial charge < -0.3 is 4.90 Å². The summed E-state index contributed by atoms with van der Waals surface area (Å²) in [6, 6.07) is 0. The maximum Gasteiger partial charge on any atom is 0.193 e. The summed E-state index contributed by atoms with van der Waals surface area (Å²) in [6.07, 6.45) is 4.04. The standard InChI is InChI=1S/C7H12NO/c1-8-6-4-2-3-5-7(8)9/h1-6H2/q-1. The van der Waals surface area contributed by atoms with Gasteiger partial charge in [-0.1, -0.05) is 6.42 Å². The Morgan fingerprint density at radius 3 is 2.89 bits per heavy atom. The lowest BCUT2D eigenvalue weighted by atomic mass is 10.2. The molecule has 1 rings (SSSR count). The third kappa shape index (κ3) is 1.70. The molecule has 52 valence electrons. The molecule has 0 aromatic rings. The third-order valence-corrected chi connectivity index (χ3v) is 1.67. The predicted octanol–water partition coefficient (Wildman–Crippen LogP) is 1.18. The highest BCUT2D eigenvalue weighted by atomic mass is 16.2. The van der Waals surface area contributed by atoms with Crippen LogP contribution in [0.5, 0.6) is 0 Å². The lowest BCUT2D eigenvalue weighted by Gasteiger charge is -2.22. The van der Waals surface area contributed by atoms with Gasteiger partial charge in [-0.3, -0.25) is 11.8 Å². The molecule has 0 radical (unpaired) electrons. The Kier molecular flexibility index (Phi) is 2.09. The zero-order valence-corrected chi connectivity index (χ0v) is 5.60. The fourth-order valence-corrected chi connectivity index (χ4v) is 1.04. The second-order valence-corrected chi connectivity index (χ2v) is 2.47. The second kappa shape index (κ2) is 2.85. The maximum atomic E-state index is 10.9. The van der Waals surface area contributed by atoms with Gasteiger partial charge in [-0.25, -0.2) is 0 Å². The van der Waals surface area contributed by atoms with Crippen molar-refractivity contribution >= 4 is 5.91 Å². The molecule has 1 fully saturated rings. The minimum Gasteiger partial charge on any atom is -0.496 e. The lowest BCUT2D eigenvalue weighted by Crippen LogP contribution is -2.22. The van der Waals surface area contributed by atoms with E-state index in [2.05, 4.69) is 7.05 Å². The second-order valence-electron chi connectivity index (χ2n) is 2.47. The molecule has 9 heavy (non-hydrogen) atoms. The Bertz CT molecular complexity index is 111. The summed E-state index contributed by atoms with van der Waals surface area (Å²) in [5.74, 6) is 0.201. The van der Waals surface area contributed by atoms with E-state index in [4.69, 9.17) is 0 Å². The van der Waals surface area contributed by atoms with E-state index in [0.717, 1.165) is 19.4 Å². The van der Waals surface area contributed by atoms with Gasteiger partial charge in [0.25, 0.3) is 0 Å².